The number of aromatic nitrogens is 3. The molecule has 7 nitrogen and oxygen atoms in total. The van der Waals surface area contributed by atoms with Gasteiger partial charge in [0, 0.05) is 39.1 Å². The first-order chi connectivity index (χ1) is 11.2. The van der Waals surface area contributed by atoms with Crippen LogP contribution in [0.4, 0.5) is 0 Å². The van der Waals surface area contributed by atoms with Crippen LogP contribution in [0, 0.1) is 0 Å². The third-order valence-electron chi connectivity index (χ3n) is 4.19. The topological polar surface area (TPSA) is 78.6 Å². The van der Waals surface area contributed by atoms with Gasteiger partial charge >= 0.3 is 0 Å². The van der Waals surface area contributed by atoms with Gasteiger partial charge in [-0.05, 0) is 19.3 Å². The Kier molecular flexibility index (Phi) is 7.32. The summed E-state index contributed by atoms with van der Waals surface area (Å²) in [4.78, 5) is 6.99. The zero-order valence-corrected chi connectivity index (χ0v) is 14.4. The molecule has 1 aliphatic rings. The molecule has 1 aromatic heterocycles. The normalized spacial score (nSPS) is 16.8. The predicted octanol–water partition coefficient (Wildman–Crippen LogP) is 1.04. The van der Waals surface area contributed by atoms with Crippen molar-refractivity contribution < 1.29 is 5.11 Å². The van der Waals surface area contributed by atoms with Gasteiger partial charge in [0.2, 0.25) is 0 Å². The van der Waals surface area contributed by atoms with E-state index in [-0.39, 0.29) is 6.10 Å². The molecule has 0 aliphatic carbocycles. The Morgan fingerprint density at radius 1 is 1.39 bits per heavy atom. The number of hydrogen-bond acceptors (Lipinski definition) is 4. The SMILES string of the molecule is CCCCN=C(NCCn1cnnc1CC)N1CCC(O)CC1. The molecule has 0 saturated carbocycles. The van der Waals surface area contributed by atoms with Crippen LogP contribution in [0.2, 0.25) is 0 Å². The molecule has 1 aliphatic heterocycles. The zero-order chi connectivity index (χ0) is 16.5. The molecule has 130 valence electrons. The summed E-state index contributed by atoms with van der Waals surface area (Å²) < 4.78 is 2.08. The summed E-state index contributed by atoms with van der Waals surface area (Å²) >= 11 is 0. The average Bonchev–Trinajstić information content (AvgIpc) is 3.02. The summed E-state index contributed by atoms with van der Waals surface area (Å²) in [7, 11) is 0. The number of aryl methyl sites for hydroxylation is 1. The number of nitrogens with zero attached hydrogens (tertiary/aromatic N) is 5. The number of likely N-dealkylation sites (tertiary alicyclic amines) is 1. The fraction of sp³-hybridized carbons (Fsp3) is 0.812. The third-order valence-corrected chi connectivity index (χ3v) is 4.19. The van der Waals surface area contributed by atoms with Gasteiger partial charge in [-0.2, -0.15) is 0 Å². The van der Waals surface area contributed by atoms with Gasteiger partial charge in [-0.25, -0.2) is 0 Å². The van der Waals surface area contributed by atoms with Crippen LogP contribution in [0.25, 0.3) is 0 Å². The van der Waals surface area contributed by atoms with Crippen molar-refractivity contribution in [2.24, 2.45) is 4.99 Å². The summed E-state index contributed by atoms with van der Waals surface area (Å²) in [6.07, 6.45) is 6.41. The fourth-order valence-corrected chi connectivity index (χ4v) is 2.72. The highest BCUT2D eigenvalue weighted by atomic mass is 16.3. The molecule has 2 heterocycles. The van der Waals surface area contributed by atoms with E-state index in [1.807, 2.05) is 0 Å². The van der Waals surface area contributed by atoms with Crippen molar-refractivity contribution in [3.63, 3.8) is 0 Å². The number of guanidine groups is 1. The molecule has 0 atom stereocenters. The number of rotatable bonds is 7. The van der Waals surface area contributed by atoms with E-state index in [0.717, 1.165) is 76.6 Å². The first-order valence-electron chi connectivity index (χ1n) is 8.82. The van der Waals surface area contributed by atoms with Gasteiger partial charge in [0.05, 0.1) is 6.10 Å². The Morgan fingerprint density at radius 3 is 2.87 bits per heavy atom. The van der Waals surface area contributed by atoms with E-state index >= 15 is 0 Å². The van der Waals surface area contributed by atoms with Gasteiger partial charge in [0.1, 0.15) is 12.2 Å². The summed E-state index contributed by atoms with van der Waals surface area (Å²) in [5.41, 5.74) is 0. The van der Waals surface area contributed by atoms with E-state index in [9.17, 15) is 5.11 Å². The molecular formula is C16H30N6O. The minimum absolute atomic E-state index is 0.160. The van der Waals surface area contributed by atoms with E-state index in [0.29, 0.717) is 0 Å². The molecule has 1 aromatic rings. The van der Waals surface area contributed by atoms with E-state index in [1.54, 1.807) is 6.33 Å². The maximum atomic E-state index is 9.68. The number of aliphatic hydroxyl groups is 1. The lowest BCUT2D eigenvalue weighted by atomic mass is 10.1. The molecule has 0 radical (unpaired) electrons. The Hall–Kier alpha value is -1.63. The number of piperidine rings is 1. The van der Waals surface area contributed by atoms with Crippen LogP contribution in [-0.4, -0.2) is 63.0 Å². The first-order valence-corrected chi connectivity index (χ1v) is 8.82. The summed E-state index contributed by atoms with van der Waals surface area (Å²) in [6.45, 7) is 8.49. The number of aliphatic hydroxyl groups excluding tert-OH is 1. The lowest BCUT2D eigenvalue weighted by Gasteiger charge is -2.32. The molecule has 7 heteroatoms. The highest BCUT2D eigenvalue weighted by Gasteiger charge is 2.19. The number of aliphatic imine (C=N–C) groups is 1. The first kappa shape index (κ1) is 17.7. The van der Waals surface area contributed by atoms with Crippen LogP contribution in [0.15, 0.2) is 11.3 Å². The maximum Gasteiger partial charge on any atom is 0.193 e. The maximum absolute atomic E-state index is 9.68. The highest BCUT2D eigenvalue weighted by Crippen LogP contribution is 2.10. The molecule has 0 spiro atoms. The summed E-state index contributed by atoms with van der Waals surface area (Å²) in [5.74, 6) is 1.98. The average molecular weight is 322 g/mol. The van der Waals surface area contributed by atoms with Crippen molar-refractivity contribution in [2.45, 2.75) is 58.6 Å². The van der Waals surface area contributed by atoms with Gasteiger partial charge in [0.15, 0.2) is 5.96 Å². The van der Waals surface area contributed by atoms with E-state index in [2.05, 4.69) is 38.8 Å². The monoisotopic (exact) mass is 322 g/mol. The Bertz CT molecular complexity index is 479. The van der Waals surface area contributed by atoms with Gasteiger partial charge in [0.25, 0.3) is 0 Å². The number of hydrogen-bond donors (Lipinski definition) is 2. The third kappa shape index (κ3) is 5.49. The second kappa shape index (κ2) is 9.50. The van der Waals surface area contributed by atoms with Gasteiger partial charge < -0.3 is 19.9 Å². The number of unbranched alkanes of at least 4 members (excludes halogenated alkanes) is 1. The van der Waals surface area contributed by atoms with E-state index in [4.69, 9.17) is 4.99 Å². The minimum Gasteiger partial charge on any atom is -0.393 e. The van der Waals surface area contributed by atoms with Crippen LogP contribution >= 0.6 is 0 Å². The minimum atomic E-state index is -0.160. The molecule has 23 heavy (non-hydrogen) atoms. The molecule has 2 N–H and O–H groups in total. The van der Waals surface area contributed by atoms with Gasteiger partial charge in [-0.15, -0.1) is 10.2 Å². The Balaban J connectivity index is 1.88. The van der Waals surface area contributed by atoms with Crippen molar-refractivity contribution >= 4 is 5.96 Å². The number of nitrogens with one attached hydrogen (secondary N) is 1. The summed E-state index contributed by atoms with van der Waals surface area (Å²) in [6, 6.07) is 0. The highest BCUT2D eigenvalue weighted by molar-refractivity contribution is 5.80. The molecular weight excluding hydrogens is 292 g/mol. The van der Waals surface area contributed by atoms with Crippen molar-refractivity contribution in [3.05, 3.63) is 12.2 Å². The molecule has 0 aromatic carbocycles. The largest absolute Gasteiger partial charge is 0.393 e. The zero-order valence-electron chi connectivity index (χ0n) is 14.4. The van der Waals surface area contributed by atoms with Gasteiger partial charge in [-0.3, -0.25) is 4.99 Å². The van der Waals surface area contributed by atoms with Crippen molar-refractivity contribution in [1.82, 2.24) is 25.0 Å². The lowest BCUT2D eigenvalue weighted by molar-refractivity contribution is 0.108. The van der Waals surface area contributed by atoms with Gasteiger partial charge in [-0.1, -0.05) is 20.3 Å². The van der Waals surface area contributed by atoms with Crippen LogP contribution in [0.3, 0.4) is 0 Å². The molecule has 0 amide bonds. The van der Waals surface area contributed by atoms with Crippen molar-refractivity contribution in [3.8, 4) is 0 Å². The van der Waals surface area contributed by atoms with E-state index < -0.39 is 0 Å². The Morgan fingerprint density at radius 2 is 2.17 bits per heavy atom. The van der Waals surface area contributed by atoms with Crippen molar-refractivity contribution in [1.29, 1.82) is 0 Å². The molecule has 1 fully saturated rings. The molecule has 1 saturated heterocycles. The Labute approximate surface area is 138 Å². The molecule has 2 rings (SSSR count). The quantitative estimate of drug-likeness (QED) is 0.445. The van der Waals surface area contributed by atoms with Crippen molar-refractivity contribution in [2.75, 3.05) is 26.2 Å². The fourth-order valence-electron chi connectivity index (χ4n) is 2.72. The van der Waals surface area contributed by atoms with Crippen LogP contribution in [0.1, 0.15) is 45.4 Å². The second-order valence-corrected chi connectivity index (χ2v) is 6.00. The lowest BCUT2D eigenvalue weighted by Crippen LogP contribution is -2.47. The van der Waals surface area contributed by atoms with Crippen LogP contribution < -0.4 is 5.32 Å². The van der Waals surface area contributed by atoms with E-state index in [1.165, 1.54) is 0 Å². The predicted molar refractivity (Wildman–Crippen MR) is 91.4 cm³/mol. The van der Waals surface area contributed by atoms with Crippen LogP contribution in [0.5, 0.6) is 0 Å². The molecule has 0 bridgehead atoms. The molecule has 0 unspecified atom stereocenters. The summed E-state index contributed by atoms with van der Waals surface area (Å²) in [5, 5.41) is 21.2. The standard InChI is InChI=1S/C16H30N6O/c1-3-5-8-17-16(21-10-6-14(23)7-11-21)18-9-12-22-13-19-20-15(22)4-2/h13-14,23H,3-12H2,1-2H3,(H,17,18). The smallest absolute Gasteiger partial charge is 0.193 e. The second-order valence-electron chi connectivity index (χ2n) is 6.00. The van der Waals surface area contributed by atoms with Crippen LogP contribution in [-0.2, 0) is 13.0 Å².